The number of thioether (sulfide) groups is 4. The van der Waals surface area contributed by atoms with Gasteiger partial charge in [0.2, 0.25) is 6.10 Å². The van der Waals surface area contributed by atoms with Crippen LogP contribution in [0.2, 0.25) is 0 Å². The lowest BCUT2D eigenvalue weighted by Gasteiger charge is -2.35. The zero-order valence-corrected chi connectivity index (χ0v) is 63.2. The first-order valence-corrected chi connectivity index (χ1v) is 39.4. The number of esters is 1. The molecule has 2 bridgehead atoms. The molecule has 2 saturated carbocycles. The second-order valence-corrected chi connectivity index (χ2v) is 30.1. The molecule has 6 atom stereocenters. The third-order valence-corrected chi connectivity index (χ3v) is 21.9. The molecule has 34 heteroatoms. The molecule has 0 spiro atoms. The van der Waals surface area contributed by atoms with Gasteiger partial charge in [0.05, 0.1) is 45.3 Å². The highest BCUT2D eigenvalue weighted by Crippen LogP contribution is 2.49. The summed E-state index contributed by atoms with van der Waals surface area (Å²) in [5, 5.41) is 120. The lowest BCUT2D eigenvalue weighted by atomic mass is 9.83. The van der Waals surface area contributed by atoms with Gasteiger partial charge in [-0.2, -0.15) is 0 Å². The maximum atomic E-state index is 10.8. The molecule has 108 heavy (non-hydrogen) atoms. The van der Waals surface area contributed by atoms with E-state index in [1.165, 1.54) is 162 Å². The van der Waals surface area contributed by atoms with Gasteiger partial charge in [-0.1, -0.05) is 207 Å². The fourth-order valence-electron chi connectivity index (χ4n) is 11.2. The maximum Gasteiger partial charge on any atom is 0.345 e. The van der Waals surface area contributed by atoms with Gasteiger partial charge in [-0.25, -0.2) is 14.4 Å². The fourth-order valence-corrected chi connectivity index (χ4v) is 15.4. The number of carboxylic acids is 14. The van der Waals surface area contributed by atoms with Gasteiger partial charge in [0.25, 0.3) is 0 Å². The third-order valence-electron chi connectivity index (χ3n) is 16.4. The molecule has 2 aromatic rings. The molecule has 2 aromatic carbocycles. The quantitative estimate of drug-likeness (QED) is 0.00428. The first kappa shape index (κ1) is 99.1. The molecule has 30 nitrogen and oxygen atoms in total. The molecule has 0 aromatic heterocycles. The highest BCUT2D eigenvalue weighted by molar-refractivity contribution is 8.18. The molecular weight excluding hydrogens is 1500 g/mol. The van der Waals surface area contributed by atoms with Crippen molar-refractivity contribution < 1.29 is 148 Å². The Morgan fingerprint density at radius 1 is 0.435 bits per heavy atom. The second-order valence-electron chi connectivity index (χ2n) is 24.9. The predicted molar refractivity (Wildman–Crippen MR) is 403 cm³/mol. The topological polar surface area (TPSA) is 549 Å². The summed E-state index contributed by atoms with van der Waals surface area (Å²) in [7, 11) is 0. The number of allylic oxidation sites excluding steroid dienone is 4. The van der Waals surface area contributed by atoms with Crippen LogP contribution in [0.4, 0.5) is 0 Å². The number of benzene rings is 2. The summed E-state index contributed by atoms with van der Waals surface area (Å²) in [4.78, 5) is 157. The van der Waals surface area contributed by atoms with Crippen molar-refractivity contribution in [2.75, 3.05) is 34.5 Å². The lowest BCUT2D eigenvalue weighted by Crippen LogP contribution is -2.32. The third kappa shape index (κ3) is 48.4. The predicted octanol–water partition coefficient (Wildman–Crippen LogP) is 12.3. The Labute approximate surface area is 642 Å². The molecular formula is C74H102O30S4. The van der Waals surface area contributed by atoms with Crippen LogP contribution in [-0.2, 0) is 76.7 Å². The summed E-state index contributed by atoms with van der Waals surface area (Å²) < 4.78 is 4.09. The van der Waals surface area contributed by atoms with Crippen LogP contribution in [0.5, 0.6) is 0 Å². The van der Waals surface area contributed by atoms with Gasteiger partial charge in [0.15, 0.2) is 5.92 Å². The SMILES string of the molecule is O=C(O)C(=C/C=C/c1ccccc1)C(=O)O.O=C(O)C(C(=O)O)c1ccccc1.O=C(O)C1[C@H]2C=C[C@H](C2)[C@H]1C(=O)O.O=C(O)CCCCCCCCCCCCCCCCCCCCC(=O)O.O=C(O)CSC1(SCC(=O)O)CCCCC1.O=C(O)CSCCSCC(=O)O.O=C1CC(C(=O)O)C(C(=O)O)O1. The van der Waals surface area contributed by atoms with E-state index in [9.17, 15) is 71.9 Å². The van der Waals surface area contributed by atoms with Crippen molar-refractivity contribution in [1.82, 2.24) is 0 Å². The zero-order chi connectivity index (χ0) is 81.4. The second kappa shape index (κ2) is 59.1. The number of fused-ring (bicyclic) bond motifs is 2. The standard InChI is InChI=1S/C22H42O4.C12H10O4.C10H16O4S2.C9H10O4.C9H8O4.C6H6O6.C6H10O4S2/c23-21(24)19-17-15-13-11-9-7-5-3-1-2-4-6-8-10-12-14-16-18-20-22(25)26;13-11(14)10(12(15)16)8-4-7-9-5-2-1-3-6-9;11-8(12)6-15-10(16-7-9(13)14)4-2-1-3-5-10;10-8(11)6-4-1-2-5(3-4)7(6)9(12)13;10-8(11)7(9(12)13)6-4-2-1-3-5-6;7-3-1-2(5(8)9)4(12-3)6(10)11;7-5(8)3-11-1-2-12-4-6(9)10/h1-20H2,(H,23,24)(H,25,26);1-8H,(H,13,14)(H,15,16);1-7H2,(H,11,12)(H,13,14);1-2,4-7H,3H2,(H,10,11)(H,12,13);1-5,7H,(H,10,11)(H,12,13);2,4H,1H2,(H,8,9)(H,10,11);1-4H2,(H,7,8)(H,9,10)/b;7-4+;;;;;/t;;;4-,5+,6-,7?;;;/m...1.../s1. The number of unbranched alkanes of at least 4 members (excludes halogenated alkanes) is 17. The summed E-state index contributed by atoms with van der Waals surface area (Å²) in [6.45, 7) is 0. The van der Waals surface area contributed by atoms with Crippen molar-refractivity contribution in [3.8, 4) is 0 Å². The van der Waals surface area contributed by atoms with Crippen molar-refractivity contribution >= 4 is 143 Å². The van der Waals surface area contributed by atoms with E-state index in [0.717, 1.165) is 63.0 Å². The summed E-state index contributed by atoms with van der Waals surface area (Å²) in [5.41, 5.74) is 0.489. The zero-order valence-electron chi connectivity index (χ0n) is 60.0. The number of rotatable bonds is 45. The number of carboxylic acid groups (broad SMARTS) is 14. The minimum atomic E-state index is -1.53. The van der Waals surface area contributed by atoms with E-state index in [1.54, 1.807) is 24.3 Å². The molecule has 1 aliphatic heterocycles. The van der Waals surface area contributed by atoms with Gasteiger partial charge in [0, 0.05) is 24.3 Å². The largest absolute Gasteiger partial charge is 0.481 e. The van der Waals surface area contributed by atoms with E-state index >= 15 is 0 Å². The van der Waals surface area contributed by atoms with Crippen LogP contribution in [0.15, 0.2) is 90.5 Å². The molecule has 14 N–H and O–H groups in total. The number of hydrogen-bond donors (Lipinski definition) is 14. The Morgan fingerprint density at radius 2 is 0.796 bits per heavy atom. The summed E-state index contributed by atoms with van der Waals surface area (Å²) in [6, 6.07) is 17.0. The number of ether oxygens (including phenoxy) is 1. The molecule has 0 amide bonds. The van der Waals surface area contributed by atoms with E-state index in [1.807, 2.05) is 42.5 Å². The van der Waals surface area contributed by atoms with Crippen molar-refractivity contribution in [3.63, 3.8) is 0 Å². The summed E-state index contributed by atoms with van der Waals surface area (Å²) in [5.74, 6) is -18.4. The first-order chi connectivity index (χ1) is 51.2. The Morgan fingerprint density at radius 3 is 1.10 bits per heavy atom. The van der Waals surface area contributed by atoms with Crippen molar-refractivity contribution in [2.45, 2.75) is 189 Å². The van der Waals surface area contributed by atoms with Gasteiger partial charge in [0.1, 0.15) is 11.5 Å². The van der Waals surface area contributed by atoms with Gasteiger partial charge in [-0.15, -0.1) is 47.0 Å². The van der Waals surface area contributed by atoms with Crippen LogP contribution in [0.3, 0.4) is 0 Å². The van der Waals surface area contributed by atoms with Crippen molar-refractivity contribution in [1.29, 1.82) is 0 Å². The maximum absolute atomic E-state index is 10.8. The Hall–Kier alpha value is -8.89. The molecule has 1 saturated heterocycles. The van der Waals surface area contributed by atoms with E-state index in [2.05, 4.69) is 4.74 Å². The van der Waals surface area contributed by atoms with Crippen LogP contribution in [0, 0.1) is 29.6 Å². The molecule has 0 radical (unpaired) electrons. The molecule has 602 valence electrons. The number of hydrogen-bond acceptors (Lipinski definition) is 20. The van der Waals surface area contributed by atoms with Crippen LogP contribution < -0.4 is 0 Å². The normalized spacial score (nSPS) is 17.3. The molecule has 3 unspecified atom stereocenters. The number of carbonyl (C=O) groups excluding carboxylic acids is 1. The molecule has 3 fully saturated rings. The first-order valence-electron chi connectivity index (χ1n) is 35.1. The number of aliphatic carboxylic acids is 14. The van der Waals surface area contributed by atoms with Crippen LogP contribution in [0.25, 0.3) is 6.08 Å². The van der Waals surface area contributed by atoms with E-state index in [4.69, 9.17) is 71.5 Å². The molecule has 4 aliphatic rings. The van der Waals surface area contributed by atoms with Gasteiger partial charge in [-0.05, 0) is 61.1 Å². The van der Waals surface area contributed by atoms with Crippen molar-refractivity contribution in [2.24, 2.45) is 29.6 Å². The van der Waals surface area contributed by atoms with Crippen molar-refractivity contribution in [3.05, 3.63) is 102 Å². The van der Waals surface area contributed by atoms with Crippen LogP contribution in [0.1, 0.15) is 190 Å². The van der Waals surface area contributed by atoms with Crippen LogP contribution in [-0.4, -0.2) is 206 Å². The molecule has 1 heterocycles. The van der Waals surface area contributed by atoms with Crippen LogP contribution >= 0.6 is 47.0 Å². The Bertz CT molecular complexity index is 3070. The Balaban J connectivity index is 0.00000126. The van der Waals surface area contributed by atoms with Gasteiger partial charge in [-0.3, -0.25) is 57.5 Å². The number of cyclic esters (lactones) is 1. The number of carbonyl (C=O) groups is 15. The van der Waals surface area contributed by atoms with E-state index in [0.29, 0.717) is 30.8 Å². The smallest absolute Gasteiger partial charge is 0.345 e. The fraction of sp³-hybridized carbons (Fsp3) is 0.554. The highest BCUT2D eigenvalue weighted by Gasteiger charge is 2.52. The molecule has 3 aliphatic carbocycles. The average molecular weight is 1600 g/mol. The lowest BCUT2D eigenvalue weighted by molar-refractivity contribution is -0.161. The average Bonchev–Trinajstić information content (AvgIpc) is 1.62. The minimum absolute atomic E-state index is 0.0621. The van der Waals surface area contributed by atoms with Gasteiger partial charge < -0.3 is 76.2 Å². The molecule has 6 rings (SSSR count). The minimum Gasteiger partial charge on any atom is -0.481 e. The Kier molecular flexibility index (Phi) is 54.2. The monoisotopic (exact) mass is 1600 g/mol. The van der Waals surface area contributed by atoms with E-state index < -0.39 is 125 Å². The summed E-state index contributed by atoms with van der Waals surface area (Å²) >= 11 is 5.39. The van der Waals surface area contributed by atoms with Gasteiger partial charge >= 0.3 is 89.5 Å². The van der Waals surface area contributed by atoms with E-state index in [-0.39, 0.29) is 50.9 Å². The summed E-state index contributed by atoms with van der Waals surface area (Å²) in [6.07, 6.45) is 34.5. The highest BCUT2D eigenvalue weighted by atomic mass is 32.2.